The molecule has 6 nitrogen and oxygen atoms in total. The number of halogens is 1. The fourth-order valence-corrected chi connectivity index (χ4v) is 2.21. The van der Waals surface area contributed by atoms with E-state index in [4.69, 9.17) is 9.47 Å². The van der Waals surface area contributed by atoms with Crippen LogP contribution in [0.15, 0.2) is 47.6 Å². The summed E-state index contributed by atoms with van der Waals surface area (Å²) in [5, 5.41) is 6.48. The highest BCUT2D eigenvalue weighted by Gasteiger charge is 2.02. The molecule has 148 valence electrons. The van der Waals surface area contributed by atoms with Gasteiger partial charge in [0.05, 0.1) is 12.6 Å². The number of benzene rings is 1. The van der Waals surface area contributed by atoms with Crippen LogP contribution in [0.2, 0.25) is 0 Å². The average molecular weight is 484 g/mol. The number of ether oxygens (including phenoxy) is 2. The normalized spacial score (nSPS) is 10.9. The minimum absolute atomic E-state index is 0. The van der Waals surface area contributed by atoms with Gasteiger partial charge in [-0.05, 0) is 38.5 Å². The van der Waals surface area contributed by atoms with Crippen molar-refractivity contribution in [1.29, 1.82) is 0 Å². The number of aryl methyl sites for hydroxylation is 1. The number of guanidine groups is 1. The van der Waals surface area contributed by atoms with Crippen LogP contribution in [-0.2, 0) is 6.54 Å². The summed E-state index contributed by atoms with van der Waals surface area (Å²) in [5.41, 5.74) is 2.28. The van der Waals surface area contributed by atoms with Gasteiger partial charge in [-0.15, -0.1) is 24.0 Å². The summed E-state index contributed by atoms with van der Waals surface area (Å²) in [4.78, 5) is 8.51. The zero-order valence-corrected chi connectivity index (χ0v) is 18.7. The maximum atomic E-state index is 5.69. The van der Waals surface area contributed by atoms with E-state index in [-0.39, 0.29) is 30.1 Å². The van der Waals surface area contributed by atoms with Gasteiger partial charge in [0.25, 0.3) is 0 Å². The van der Waals surface area contributed by atoms with E-state index in [1.54, 1.807) is 13.2 Å². The summed E-state index contributed by atoms with van der Waals surface area (Å²) >= 11 is 0. The number of aromatic nitrogens is 1. The molecule has 0 aliphatic heterocycles. The molecule has 0 atom stereocenters. The highest BCUT2D eigenvalue weighted by Crippen LogP contribution is 2.11. The molecule has 1 heterocycles. The number of hydrogen-bond acceptors (Lipinski definition) is 4. The van der Waals surface area contributed by atoms with Gasteiger partial charge in [-0.3, -0.25) is 4.99 Å². The molecular formula is C20H29IN4O2. The van der Waals surface area contributed by atoms with Gasteiger partial charge in [-0.1, -0.05) is 23.8 Å². The Hall–Kier alpha value is -2.03. The number of rotatable bonds is 8. The molecule has 0 unspecified atom stereocenters. The monoisotopic (exact) mass is 484 g/mol. The number of pyridine rings is 1. The largest absolute Gasteiger partial charge is 0.492 e. The molecule has 2 rings (SSSR count). The molecule has 7 heteroatoms. The lowest BCUT2D eigenvalue weighted by atomic mass is 10.2. The lowest BCUT2D eigenvalue weighted by Gasteiger charge is -2.13. The fourth-order valence-electron chi connectivity index (χ4n) is 2.21. The maximum absolute atomic E-state index is 5.69. The zero-order chi connectivity index (χ0) is 18.8. The number of nitrogens with zero attached hydrogens (tertiary/aromatic N) is 2. The predicted octanol–water partition coefficient (Wildman–Crippen LogP) is 3.54. The predicted molar refractivity (Wildman–Crippen MR) is 120 cm³/mol. The molecule has 0 fully saturated rings. The Labute approximate surface area is 178 Å². The van der Waals surface area contributed by atoms with Crippen molar-refractivity contribution in [3.63, 3.8) is 0 Å². The van der Waals surface area contributed by atoms with Crippen molar-refractivity contribution in [2.75, 3.05) is 20.2 Å². The first-order valence-electron chi connectivity index (χ1n) is 8.82. The van der Waals surface area contributed by atoms with E-state index >= 15 is 0 Å². The summed E-state index contributed by atoms with van der Waals surface area (Å²) in [7, 11) is 1.74. The van der Waals surface area contributed by atoms with E-state index in [0.29, 0.717) is 25.6 Å². The summed E-state index contributed by atoms with van der Waals surface area (Å²) in [5.74, 6) is 2.23. The third-order valence-electron chi connectivity index (χ3n) is 3.52. The van der Waals surface area contributed by atoms with Gasteiger partial charge in [0.15, 0.2) is 5.96 Å². The van der Waals surface area contributed by atoms with E-state index in [0.717, 1.165) is 17.3 Å². The molecule has 0 spiro atoms. The van der Waals surface area contributed by atoms with Gasteiger partial charge in [-0.2, -0.15) is 0 Å². The van der Waals surface area contributed by atoms with Crippen LogP contribution in [-0.4, -0.2) is 37.2 Å². The molecule has 0 radical (unpaired) electrons. The Bertz CT molecular complexity index is 688. The Balaban J connectivity index is 0.00000364. The van der Waals surface area contributed by atoms with Crippen molar-refractivity contribution < 1.29 is 9.47 Å². The summed E-state index contributed by atoms with van der Waals surface area (Å²) < 4.78 is 11.2. The molecule has 0 saturated carbocycles. The van der Waals surface area contributed by atoms with Crippen molar-refractivity contribution in [2.45, 2.75) is 33.4 Å². The van der Waals surface area contributed by atoms with Crippen LogP contribution in [0.5, 0.6) is 11.6 Å². The molecule has 0 aliphatic carbocycles. The second-order valence-corrected chi connectivity index (χ2v) is 6.19. The van der Waals surface area contributed by atoms with Crippen molar-refractivity contribution in [1.82, 2.24) is 15.6 Å². The van der Waals surface area contributed by atoms with Crippen LogP contribution < -0.4 is 20.1 Å². The first kappa shape index (κ1) is 23.0. The van der Waals surface area contributed by atoms with Crippen molar-refractivity contribution in [3.8, 4) is 11.6 Å². The summed E-state index contributed by atoms with van der Waals surface area (Å²) in [6.45, 7) is 7.87. The molecule has 0 aliphatic rings. The summed E-state index contributed by atoms with van der Waals surface area (Å²) in [6, 6.07) is 11.9. The third-order valence-corrected chi connectivity index (χ3v) is 3.52. The molecule has 0 saturated heterocycles. The first-order chi connectivity index (χ1) is 12.6. The van der Waals surface area contributed by atoms with Crippen molar-refractivity contribution in [2.24, 2.45) is 4.99 Å². The quantitative estimate of drug-likeness (QED) is 0.260. The second-order valence-electron chi connectivity index (χ2n) is 6.19. The van der Waals surface area contributed by atoms with Crippen LogP contribution in [0.1, 0.15) is 25.0 Å². The van der Waals surface area contributed by atoms with Crippen LogP contribution in [0.3, 0.4) is 0 Å². The third kappa shape index (κ3) is 8.94. The van der Waals surface area contributed by atoms with Gasteiger partial charge in [0, 0.05) is 25.9 Å². The lowest BCUT2D eigenvalue weighted by Crippen LogP contribution is -2.38. The minimum Gasteiger partial charge on any atom is -0.492 e. The number of aliphatic imine (C=N–C) groups is 1. The SMILES string of the molecule is CN=C(NCCOc1ccc(C)cc1)NCc1ccc(OC(C)C)nc1.I. The van der Waals surface area contributed by atoms with Gasteiger partial charge in [-0.25, -0.2) is 4.98 Å². The first-order valence-corrected chi connectivity index (χ1v) is 8.82. The van der Waals surface area contributed by atoms with Crippen LogP contribution >= 0.6 is 24.0 Å². The summed E-state index contributed by atoms with van der Waals surface area (Å²) in [6.07, 6.45) is 1.93. The number of hydrogen-bond donors (Lipinski definition) is 2. The highest BCUT2D eigenvalue weighted by atomic mass is 127. The smallest absolute Gasteiger partial charge is 0.213 e. The Morgan fingerprint density at radius 3 is 2.44 bits per heavy atom. The van der Waals surface area contributed by atoms with Crippen LogP contribution in [0.4, 0.5) is 0 Å². The maximum Gasteiger partial charge on any atom is 0.213 e. The molecule has 0 bridgehead atoms. The molecule has 2 N–H and O–H groups in total. The molecule has 1 aromatic carbocycles. The van der Waals surface area contributed by atoms with E-state index in [1.165, 1.54) is 5.56 Å². The van der Waals surface area contributed by atoms with E-state index in [1.807, 2.05) is 50.2 Å². The zero-order valence-electron chi connectivity index (χ0n) is 16.4. The van der Waals surface area contributed by atoms with Gasteiger partial charge < -0.3 is 20.1 Å². The Morgan fingerprint density at radius 1 is 1.11 bits per heavy atom. The Morgan fingerprint density at radius 2 is 1.85 bits per heavy atom. The van der Waals surface area contributed by atoms with Crippen molar-refractivity contribution in [3.05, 3.63) is 53.7 Å². The standard InChI is InChI=1S/C20H28N4O2.HI/c1-15(2)26-19-10-7-17(13-23-19)14-24-20(21-4)22-11-12-25-18-8-5-16(3)6-9-18;/h5-10,13,15H,11-12,14H2,1-4H3,(H2,21,22,24);1H. The Kier molecular flexibility index (Phi) is 10.5. The van der Waals surface area contributed by atoms with Crippen LogP contribution in [0, 0.1) is 6.92 Å². The van der Waals surface area contributed by atoms with E-state index in [2.05, 4.69) is 27.5 Å². The van der Waals surface area contributed by atoms with Crippen LogP contribution in [0.25, 0.3) is 0 Å². The second kappa shape index (κ2) is 12.4. The fraction of sp³-hybridized carbons (Fsp3) is 0.400. The topological polar surface area (TPSA) is 67.8 Å². The van der Waals surface area contributed by atoms with Gasteiger partial charge in [0.2, 0.25) is 5.88 Å². The average Bonchev–Trinajstić information content (AvgIpc) is 2.63. The lowest BCUT2D eigenvalue weighted by molar-refractivity contribution is 0.232. The van der Waals surface area contributed by atoms with Gasteiger partial charge in [0.1, 0.15) is 12.4 Å². The van der Waals surface area contributed by atoms with Crippen molar-refractivity contribution >= 4 is 29.9 Å². The molecule has 27 heavy (non-hydrogen) atoms. The van der Waals surface area contributed by atoms with E-state index < -0.39 is 0 Å². The molecular weight excluding hydrogens is 455 g/mol. The number of nitrogens with one attached hydrogen (secondary N) is 2. The highest BCUT2D eigenvalue weighted by molar-refractivity contribution is 14.0. The minimum atomic E-state index is 0. The van der Waals surface area contributed by atoms with Gasteiger partial charge >= 0.3 is 0 Å². The molecule has 1 aromatic heterocycles. The molecule has 0 amide bonds. The van der Waals surface area contributed by atoms with E-state index in [9.17, 15) is 0 Å². The molecule has 2 aromatic rings.